The van der Waals surface area contributed by atoms with Crippen molar-refractivity contribution in [1.82, 2.24) is 9.55 Å². The predicted molar refractivity (Wildman–Crippen MR) is 82.7 cm³/mol. The Labute approximate surface area is 128 Å². The molecule has 0 amide bonds. The van der Waals surface area contributed by atoms with Gasteiger partial charge >= 0.3 is 10.3 Å². The molecule has 2 aromatic carbocycles. The maximum absolute atomic E-state index is 11.0. The molecule has 1 heterocycles. The molecule has 0 bridgehead atoms. The summed E-state index contributed by atoms with van der Waals surface area (Å²) in [6, 6.07) is 16.3. The van der Waals surface area contributed by atoms with Crippen LogP contribution in [0.5, 0.6) is 5.75 Å². The molecule has 0 spiro atoms. The second kappa shape index (κ2) is 5.63. The van der Waals surface area contributed by atoms with Gasteiger partial charge in [0.05, 0.1) is 17.7 Å². The van der Waals surface area contributed by atoms with Gasteiger partial charge in [-0.15, -0.1) is 0 Å². The highest BCUT2D eigenvalue weighted by Gasteiger charge is 2.07. The third kappa shape index (κ3) is 3.33. The summed E-state index contributed by atoms with van der Waals surface area (Å²) < 4.78 is 28.4. The first-order valence-corrected chi connectivity index (χ1v) is 7.90. The maximum Gasteiger partial charge on any atom is 0.380 e. The molecule has 22 heavy (non-hydrogen) atoms. The van der Waals surface area contributed by atoms with Gasteiger partial charge in [-0.2, -0.15) is 13.6 Å². The van der Waals surface area contributed by atoms with Crippen molar-refractivity contribution in [2.24, 2.45) is 5.14 Å². The number of benzene rings is 2. The topological polar surface area (TPSA) is 87.2 Å². The van der Waals surface area contributed by atoms with Crippen LogP contribution in [-0.4, -0.2) is 18.0 Å². The molecule has 3 aromatic rings. The summed E-state index contributed by atoms with van der Waals surface area (Å²) in [5, 5.41) is 4.87. The van der Waals surface area contributed by atoms with Crippen LogP contribution >= 0.6 is 0 Å². The fraction of sp³-hybridized carbons (Fsp3) is 0. The quantitative estimate of drug-likeness (QED) is 0.799. The molecule has 0 fully saturated rings. The standard InChI is InChI=1S/C15H13N3O3S/c16-22(19,20)21-14-8-4-7-13(9-14)18-10-15(17-11-18)12-5-2-1-3-6-12/h1-11H,(H2,16,19,20). The van der Waals surface area contributed by atoms with Crippen LogP contribution in [0.4, 0.5) is 0 Å². The smallest absolute Gasteiger partial charge is 0.371 e. The van der Waals surface area contributed by atoms with Crippen LogP contribution in [0, 0.1) is 0 Å². The molecular formula is C15H13N3O3S. The largest absolute Gasteiger partial charge is 0.380 e. The highest BCUT2D eigenvalue weighted by molar-refractivity contribution is 7.84. The van der Waals surface area contributed by atoms with E-state index < -0.39 is 10.3 Å². The minimum absolute atomic E-state index is 0.148. The maximum atomic E-state index is 11.0. The summed E-state index contributed by atoms with van der Waals surface area (Å²) >= 11 is 0. The van der Waals surface area contributed by atoms with Gasteiger partial charge in [-0.3, -0.25) is 0 Å². The van der Waals surface area contributed by atoms with Crippen LogP contribution in [0.3, 0.4) is 0 Å². The molecule has 6 nitrogen and oxygen atoms in total. The van der Waals surface area contributed by atoms with E-state index in [1.165, 1.54) is 6.07 Å². The van der Waals surface area contributed by atoms with Gasteiger partial charge in [0.2, 0.25) is 0 Å². The van der Waals surface area contributed by atoms with Crippen LogP contribution in [0.15, 0.2) is 67.1 Å². The van der Waals surface area contributed by atoms with Crippen LogP contribution < -0.4 is 9.32 Å². The average Bonchev–Trinajstić information content (AvgIpc) is 2.96. The lowest BCUT2D eigenvalue weighted by atomic mass is 10.2. The Kier molecular flexibility index (Phi) is 3.66. The molecule has 7 heteroatoms. The van der Waals surface area contributed by atoms with Crippen molar-refractivity contribution < 1.29 is 12.6 Å². The number of nitrogens with zero attached hydrogens (tertiary/aromatic N) is 2. The zero-order valence-electron chi connectivity index (χ0n) is 11.5. The molecule has 112 valence electrons. The number of imidazole rings is 1. The lowest BCUT2D eigenvalue weighted by molar-refractivity contribution is 0.487. The van der Waals surface area contributed by atoms with Crippen molar-refractivity contribution >= 4 is 10.3 Å². The van der Waals surface area contributed by atoms with Crippen LogP contribution in [0.1, 0.15) is 0 Å². The number of aromatic nitrogens is 2. The van der Waals surface area contributed by atoms with E-state index in [1.54, 1.807) is 23.0 Å². The Balaban J connectivity index is 1.92. The number of hydrogen-bond acceptors (Lipinski definition) is 4. The van der Waals surface area contributed by atoms with Gasteiger partial charge in [0.15, 0.2) is 0 Å². The first-order chi connectivity index (χ1) is 10.5. The van der Waals surface area contributed by atoms with Crippen molar-refractivity contribution in [2.75, 3.05) is 0 Å². The Bertz CT molecular complexity index is 889. The van der Waals surface area contributed by atoms with Crippen molar-refractivity contribution in [2.45, 2.75) is 0 Å². The van der Waals surface area contributed by atoms with E-state index in [0.29, 0.717) is 0 Å². The number of nitrogens with two attached hydrogens (primary N) is 1. The van der Waals surface area contributed by atoms with Gasteiger partial charge in [-0.05, 0) is 12.1 Å². The summed E-state index contributed by atoms with van der Waals surface area (Å²) in [6.45, 7) is 0. The van der Waals surface area contributed by atoms with E-state index in [2.05, 4.69) is 9.17 Å². The van der Waals surface area contributed by atoms with Gasteiger partial charge in [0, 0.05) is 17.8 Å². The summed E-state index contributed by atoms with van der Waals surface area (Å²) in [5.41, 5.74) is 2.53. The fourth-order valence-corrected chi connectivity index (χ4v) is 2.42. The molecular weight excluding hydrogens is 302 g/mol. The normalized spacial score (nSPS) is 11.3. The lowest BCUT2D eigenvalue weighted by Gasteiger charge is -2.05. The highest BCUT2D eigenvalue weighted by Crippen LogP contribution is 2.21. The van der Waals surface area contributed by atoms with E-state index in [-0.39, 0.29) is 5.75 Å². The van der Waals surface area contributed by atoms with E-state index in [1.807, 2.05) is 42.6 Å². The Hall–Kier alpha value is -2.64. The molecule has 2 N–H and O–H groups in total. The third-order valence-electron chi connectivity index (χ3n) is 2.98. The molecule has 0 unspecified atom stereocenters. The summed E-state index contributed by atoms with van der Waals surface area (Å²) in [5.74, 6) is 0.148. The highest BCUT2D eigenvalue weighted by atomic mass is 32.2. The molecule has 0 aliphatic heterocycles. The number of rotatable bonds is 4. The van der Waals surface area contributed by atoms with Gasteiger partial charge < -0.3 is 8.75 Å². The SMILES string of the molecule is NS(=O)(=O)Oc1cccc(-n2cnc(-c3ccccc3)c2)c1. The Morgan fingerprint density at radius 1 is 1.05 bits per heavy atom. The Morgan fingerprint density at radius 3 is 2.55 bits per heavy atom. The van der Waals surface area contributed by atoms with Crippen molar-refractivity contribution in [3.63, 3.8) is 0 Å². The lowest BCUT2D eigenvalue weighted by Crippen LogP contribution is -2.18. The van der Waals surface area contributed by atoms with Crippen LogP contribution in [0.2, 0.25) is 0 Å². The van der Waals surface area contributed by atoms with Gasteiger partial charge in [0.25, 0.3) is 0 Å². The molecule has 1 aromatic heterocycles. The van der Waals surface area contributed by atoms with Gasteiger partial charge in [-0.1, -0.05) is 36.4 Å². The molecule has 0 aliphatic carbocycles. The molecule has 0 radical (unpaired) electrons. The van der Waals surface area contributed by atoms with Crippen molar-refractivity contribution in [3.8, 4) is 22.7 Å². The molecule has 0 aliphatic rings. The van der Waals surface area contributed by atoms with Gasteiger partial charge in [-0.25, -0.2) is 4.98 Å². The molecule has 0 saturated heterocycles. The van der Waals surface area contributed by atoms with Crippen LogP contribution in [-0.2, 0) is 10.3 Å². The summed E-state index contributed by atoms with van der Waals surface area (Å²) in [6.07, 6.45) is 3.50. The summed E-state index contributed by atoms with van der Waals surface area (Å²) in [7, 11) is -4.04. The minimum atomic E-state index is -4.04. The first kappa shape index (κ1) is 14.3. The van der Waals surface area contributed by atoms with Crippen molar-refractivity contribution in [1.29, 1.82) is 0 Å². The Morgan fingerprint density at radius 2 is 1.82 bits per heavy atom. The fourth-order valence-electron chi connectivity index (χ4n) is 2.05. The third-order valence-corrected chi connectivity index (χ3v) is 3.41. The van der Waals surface area contributed by atoms with E-state index >= 15 is 0 Å². The molecule has 3 rings (SSSR count). The van der Waals surface area contributed by atoms with Crippen molar-refractivity contribution in [3.05, 3.63) is 67.1 Å². The zero-order valence-corrected chi connectivity index (χ0v) is 12.3. The average molecular weight is 315 g/mol. The minimum Gasteiger partial charge on any atom is -0.371 e. The predicted octanol–water partition coefficient (Wildman–Crippen LogP) is 2.12. The second-order valence-corrected chi connectivity index (χ2v) is 5.76. The monoisotopic (exact) mass is 315 g/mol. The first-order valence-electron chi connectivity index (χ1n) is 6.43. The second-order valence-electron chi connectivity index (χ2n) is 4.61. The zero-order chi connectivity index (χ0) is 15.6. The molecule has 0 atom stereocenters. The van der Waals surface area contributed by atoms with E-state index in [9.17, 15) is 8.42 Å². The van der Waals surface area contributed by atoms with Crippen LogP contribution in [0.25, 0.3) is 16.9 Å². The number of hydrogen-bond donors (Lipinski definition) is 1. The van der Waals surface area contributed by atoms with E-state index in [4.69, 9.17) is 5.14 Å². The molecule has 0 saturated carbocycles. The van der Waals surface area contributed by atoms with Gasteiger partial charge in [0.1, 0.15) is 5.75 Å². The van der Waals surface area contributed by atoms with E-state index in [0.717, 1.165) is 16.9 Å². The summed E-state index contributed by atoms with van der Waals surface area (Å²) in [4.78, 5) is 4.35.